The molecule has 3 N–H and O–H groups in total. The third-order valence-electron chi connectivity index (χ3n) is 2.44. The van der Waals surface area contributed by atoms with E-state index < -0.39 is 0 Å². The molecular weight excluding hydrogens is 232 g/mol. The molecule has 0 saturated carbocycles. The molecule has 0 spiro atoms. The quantitative estimate of drug-likeness (QED) is 0.846. The van der Waals surface area contributed by atoms with E-state index in [2.05, 4.69) is 4.98 Å². The van der Waals surface area contributed by atoms with Crippen LogP contribution in [0, 0.1) is 22.7 Å². The molecule has 0 radical (unpaired) electrons. The predicted molar refractivity (Wildman–Crippen MR) is 61.1 cm³/mol. The third-order valence-corrected chi connectivity index (χ3v) is 2.44. The number of rotatable bonds is 2. The lowest BCUT2D eigenvalue weighted by molar-refractivity contribution is -0.376. The number of anilines is 1. The molecule has 2 heterocycles. The Morgan fingerprint density at radius 2 is 2.06 bits per heavy atom. The summed E-state index contributed by atoms with van der Waals surface area (Å²) in [5.41, 5.74) is 6.39. The summed E-state index contributed by atoms with van der Waals surface area (Å²) in [5.74, 6) is 0.710. The molecule has 6 heteroatoms. The number of aromatic nitrogens is 1. The smallest absolute Gasteiger partial charge is 0.301 e. The van der Waals surface area contributed by atoms with Gasteiger partial charge >= 0.3 is 5.88 Å². The van der Waals surface area contributed by atoms with E-state index in [0.29, 0.717) is 11.3 Å². The Morgan fingerprint density at radius 3 is 2.56 bits per heavy atom. The van der Waals surface area contributed by atoms with E-state index in [1.54, 1.807) is 12.1 Å². The van der Waals surface area contributed by atoms with Crippen molar-refractivity contribution in [2.75, 3.05) is 12.8 Å². The third kappa shape index (κ3) is 1.62. The Morgan fingerprint density at radius 1 is 1.33 bits per heavy atom. The molecule has 0 fully saturated rings. The van der Waals surface area contributed by atoms with Gasteiger partial charge in [-0.25, -0.2) is 4.98 Å². The number of pyridine rings is 1. The fourth-order valence-corrected chi connectivity index (χ4v) is 1.66. The van der Waals surface area contributed by atoms with Crippen LogP contribution in [0.4, 0.5) is 5.82 Å². The van der Waals surface area contributed by atoms with Crippen LogP contribution >= 0.6 is 0 Å². The van der Waals surface area contributed by atoms with Gasteiger partial charge in [-0.05, 0) is 12.1 Å². The van der Waals surface area contributed by atoms with Gasteiger partial charge in [0.25, 0.3) is 5.82 Å². The Kier molecular flexibility index (Phi) is 2.86. The fourth-order valence-electron chi connectivity index (χ4n) is 1.66. The number of ether oxygens (including phenoxy) is 1. The minimum atomic E-state index is 0.125. The van der Waals surface area contributed by atoms with Crippen LogP contribution in [-0.2, 0) is 0 Å². The first-order valence-corrected chi connectivity index (χ1v) is 4.99. The molecule has 88 valence electrons. The zero-order valence-electron chi connectivity index (χ0n) is 9.52. The monoisotopic (exact) mass is 241 g/mol. The van der Waals surface area contributed by atoms with Gasteiger partial charge in [-0.3, -0.25) is 5.73 Å². The zero-order valence-corrected chi connectivity index (χ0v) is 9.52. The summed E-state index contributed by atoms with van der Waals surface area (Å²) >= 11 is 0. The maximum Gasteiger partial charge on any atom is 0.301 e. The molecule has 0 bridgehead atoms. The number of nitrogens with zero attached hydrogens (tertiary/aromatic N) is 2. The minimum Gasteiger partial charge on any atom is -0.465 e. The summed E-state index contributed by atoms with van der Waals surface area (Å²) in [5, 5.41) is 18.3. The van der Waals surface area contributed by atoms with Gasteiger partial charge in [0.15, 0.2) is 5.56 Å². The molecule has 0 aliphatic rings. The average Bonchev–Trinajstić information content (AvgIpc) is 2.90. The van der Waals surface area contributed by atoms with Crippen LogP contribution in [0.3, 0.4) is 0 Å². The van der Waals surface area contributed by atoms with Crippen LogP contribution in [-0.4, -0.2) is 7.11 Å². The molecule has 0 atom stereocenters. The second-order valence-electron chi connectivity index (χ2n) is 3.40. The summed E-state index contributed by atoms with van der Waals surface area (Å²) in [6, 6.07) is 7.25. The zero-order chi connectivity index (χ0) is 13.1. The molecule has 0 aliphatic heterocycles. The Hall–Kier alpha value is -2.99. The number of H-pyrrole nitrogens is 1. The first-order valence-electron chi connectivity index (χ1n) is 4.99. The average molecular weight is 241 g/mol. The standard InChI is InChI=1S/C12H8N4O2/c1-17-12-8(6-14)10(9-3-2-4-18-9)7(5-13)11(15)16-12/h2-4H,1H3,(H2,15,16)/p+1. The lowest BCUT2D eigenvalue weighted by Gasteiger charge is -2.06. The largest absolute Gasteiger partial charge is 0.465 e. The van der Waals surface area contributed by atoms with Gasteiger partial charge in [-0.1, -0.05) is 0 Å². The maximum atomic E-state index is 9.20. The van der Waals surface area contributed by atoms with Gasteiger partial charge in [0.1, 0.15) is 23.5 Å². The van der Waals surface area contributed by atoms with Gasteiger partial charge in [-0.2, -0.15) is 10.5 Å². The van der Waals surface area contributed by atoms with E-state index in [1.165, 1.54) is 13.4 Å². The highest BCUT2D eigenvalue weighted by molar-refractivity contribution is 5.77. The molecule has 0 unspecified atom stereocenters. The van der Waals surface area contributed by atoms with Crippen molar-refractivity contribution in [1.29, 1.82) is 10.5 Å². The van der Waals surface area contributed by atoms with Crippen molar-refractivity contribution >= 4 is 5.82 Å². The first-order chi connectivity index (χ1) is 8.72. The molecule has 18 heavy (non-hydrogen) atoms. The summed E-state index contributed by atoms with van der Waals surface area (Å²) in [7, 11) is 1.41. The number of nitrogens with two attached hydrogens (primary N) is 1. The van der Waals surface area contributed by atoms with E-state index in [-0.39, 0.29) is 22.8 Å². The van der Waals surface area contributed by atoms with E-state index in [1.807, 2.05) is 12.1 Å². The Labute approximate surface area is 103 Å². The van der Waals surface area contributed by atoms with Crippen LogP contribution < -0.4 is 15.5 Å². The highest BCUT2D eigenvalue weighted by Gasteiger charge is 2.25. The van der Waals surface area contributed by atoms with Crippen molar-refractivity contribution in [3.05, 3.63) is 29.5 Å². The number of aromatic amines is 1. The molecule has 2 rings (SSSR count). The predicted octanol–water partition coefficient (Wildman–Crippen LogP) is 1.09. The van der Waals surface area contributed by atoms with Crippen LogP contribution in [0.25, 0.3) is 11.3 Å². The summed E-state index contributed by atoms with van der Waals surface area (Å²) in [6.45, 7) is 0. The van der Waals surface area contributed by atoms with Crippen molar-refractivity contribution in [2.45, 2.75) is 0 Å². The first kappa shape index (κ1) is 11.5. The van der Waals surface area contributed by atoms with Crippen molar-refractivity contribution in [1.82, 2.24) is 0 Å². The Balaban J connectivity index is 2.88. The van der Waals surface area contributed by atoms with Crippen LogP contribution in [0.2, 0.25) is 0 Å². The van der Waals surface area contributed by atoms with Gasteiger partial charge in [0.2, 0.25) is 0 Å². The number of nitrogen functional groups attached to an aromatic ring is 1. The molecule has 0 aromatic carbocycles. The molecular formula is C12H9N4O2+. The number of nitriles is 2. The second kappa shape index (κ2) is 4.48. The normalized spacial score (nSPS) is 9.50. The SMILES string of the molecule is COc1[nH+]c(N)c(C#N)c(-c2ccco2)c1C#N. The molecule has 0 amide bonds. The van der Waals surface area contributed by atoms with Crippen molar-refractivity contribution < 1.29 is 14.1 Å². The van der Waals surface area contributed by atoms with Crippen molar-refractivity contribution in [3.63, 3.8) is 0 Å². The maximum absolute atomic E-state index is 9.20. The lowest BCUT2D eigenvalue weighted by atomic mass is 10.0. The number of nitrogens with one attached hydrogen (secondary N) is 1. The van der Waals surface area contributed by atoms with E-state index in [9.17, 15) is 5.26 Å². The summed E-state index contributed by atoms with van der Waals surface area (Å²) < 4.78 is 10.3. The van der Waals surface area contributed by atoms with Gasteiger partial charge in [-0.15, -0.1) is 0 Å². The molecule has 2 aromatic heterocycles. The number of hydrogen-bond donors (Lipinski definition) is 1. The van der Waals surface area contributed by atoms with Gasteiger partial charge in [0.05, 0.1) is 18.9 Å². The van der Waals surface area contributed by atoms with Crippen LogP contribution in [0.15, 0.2) is 22.8 Å². The number of methoxy groups -OCH3 is 1. The number of hydrogen-bond acceptors (Lipinski definition) is 5. The van der Waals surface area contributed by atoms with Crippen molar-refractivity contribution in [2.24, 2.45) is 0 Å². The van der Waals surface area contributed by atoms with Crippen molar-refractivity contribution in [3.8, 4) is 29.3 Å². The molecule has 6 nitrogen and oxygen atoms in total. The molecule has 2 aromatic rings. The minimum absolute atomic E-state index is 0.125. The van der Waals surface area contributed by atoms with Crippen LogP contribution in [0.1, 0.15) is 11.1 Å². The molecule has 0 aliphatic carbocycles. The fraction of sp³-hybridized carbons (Fsp3) is 0.0833. The van der Waals surface area contributed by atoms with Gasteiger partial charge in [0, 0.05) is 0 Å². The summed E-state index contributed by atoms with van der Waals surface area (Å²) in [6.07, 6.45) is 1.46. The highest BCUT2D eigenvalue weighted by atomic mass is 16.5. The molecule has 0 saturated heterocycles. The summed E-state index contributed by atoms with van der Waals surface area (Å²) in [4.78, 5) is 2.67. The van der Waals surface area contributed by atoms with E-state index >= 15 is 0 Å². The van der Waals surface area contributed by atoms with E-state index in [4.69, 9.17) is 20.1 Å². The second-order valence-corrected chi connectivity index (χ2v) is 3.40. The lowest BCUT2D eigenvalue weighted by Crippen LogP contribution is -2.18. The highest BCUT2D eigenvalue weighted by Crippen LogP contribution is 2.32. The Bertz CT molecular complexity index is 663. The topological polar surface area (TPSA) is 110 Å². The van der Waals surface area contributed by atoms with Gasteiger partial charge < -0.3 is 9.15 Å². The van der Waals surface area contributed by atoms with E-state index in [0.717, 1.165) is 0 Å². The number of furan rings is 1. The van der Waals surface area contributed by atoms with Crippen LogP contribution in [0.5, 0.6) is 5.88 Å².